The summed E-state index contributed by atoms with van der Waals surface area (Å²) in [7, 11) is 1.88. The van der Waals surface area contributed by atoms with Gasteiger partial charge in [-0.15, -0.1) is 0 Å². The van der Waals surface area contributed by atoms with Crippen LogP contribution in [0, 0.1) is 10.8 Å². The fourth-order valence-electron chi connectivity index (χ4n) is 4.98. The highest BCUT2D eigenvalue weighted by molar-refractivity contribution is 5.87. The molecule has 0 spiro atoms. The molecule has 0 fully saturated rings. The SMILES string of the molecule is [2H]C([2H])([2H])C(C([2H])([2H])[2H])(C([2H])([2H])[2H])[C@]([2H])(NC(=O)OC)C(=O)NN(Cc1ccc(-c2ccccn2)cc1)C[C@H](O)[C@H](Cc1ccccc1)NC(=O)[C@@H](NC(=O)OC)C(C)(C)C. The minimum Gasteiger partial charge on any atom is -0.453 e. The van der Waals surface area contributed by atoms with E-state index in [2.05, 4.69) is 25.8 Å². The molecule has 4 atom stereocenters. The van der Waals surface area contributed by atoms with Gasteiger partial charge in [0.2, 0.25) is 5.91 Å². The van der Waals surface area contributed by atoms with E-state index in [-0.39, 0.29) is 13.0 Å². The van der Waals surface area contributed by atoms with Crippen LogP contribution < -0.4 is 21.4 Å². The van der Waals surface area contributed by atoms with Crippen molar-refractivity contribution in [3.05, 3.63) is 90.1 Å². The van der Waals surface area contributed by atoms with Crippen molar-refractivity contribution in [2.45, 2.75) is 78.5 Å². The molecule has 0 radical (unpaired) electrons. The Morgan fingerprint density at radius 2 is 1.45 bits per heavy atom. The molecule has 3 aromatic rings. The summed E-state index contributed by atoms with van der Waals surface area (Å²) in [5, 5.41) is 19.8. The van der Waals surface area contributed by atoms with E-state index in [1.807, 2.05) is 0 Å². The van der Waals surface area contributed by atoms with Gasteiger partial charge >= 0.3 is 12.2 Å². The van der Waals surface area contributed by atoms with Crippen LogP contribution in [0.1, 0.15) is 66.2 Å². The van der Waals surface area contributed by atoms with Crippen molar-refractivity contribution in [3.63, 3.8) is 0 Å². The number of carbonyl (C=O) groups excluding carboxylic acids is 4. The number of aliphatic hydroxyl groups is 1. The first-order chi connectivity index (χ1) is 28.1. The van der Waals surface area contributed by atoms with Gasteiger partial charge in [-0.1, -0.05) is 102 Å². The molecule has 0 saturated carbocycles. The molecule has 0 aliphatic heterocycles. The Bertz CT molecular complexity index is 1910. The Balaban J connectivity index is 2.21. The maximum atomic E-state index is 14.5. The number of rotatable bonds is 14. The molecule has 0 saturated heterocycles. The Morgan fingerprint density at radius 3 is 2.02 bits per heavy atom. The number of pyridine rings is 1. The number of nitrogens with zero attached hydrogens (tertiary/aromatic N) is 2. The number of hydrazine groups is 1. The molecule has 0 aliphatic carbocycles. The molecule has 13 nitrogen and oxygen atoms in total. The van der Waals surface area contributed by atoms with Crippen molar-refractivity contribution in [1.29, 1.82) is 0 Å². The van der Waals surface area contributed by atoms with E-state index in [0.717, 1.165) is 19.2 Å². The topological polar surface area (TPSA) is 171 Å². The third-order valence-electron chi connectivity index (χ3n) is 7.64. The predicted molar refractivity (Wildman–Crippen MR) is 194 cm³/mol. The van der Waals surface area contributed by atoms with Gasteiger partial charge in [-0.25, -0.2) is 14.6 Å². The fraction of sp³-hybridized carbons (Fsp3) is 0.447. The van der Waals surface area contributed by atoms with Crippen LogP contribution in [0.5, 0.6) is 0 Å². The number of hydrogen-bond acceptors (Lipinski definition) is 9. The Labute approximate surface area is 314 Å². The Hall–Kier alpha value is -5.01. The van der Waals surface area contributed by atoms with Crippen LogP contribution in [0.2, 0.25) is 0 Å². The maximum Gasteiger partial charge on any atom is 0.407 e. The van der Waals surface area contributed by atoms with Crippen LogP contribution in [0.3, 0.4) is 0 Å². The van der Waals surface area contributed by atoms with Crippen molar-refractivity contribution in [3.8, 4) is 11.3 Å². The van der Waals surface area contributed by atoms with E-state index in [9.17, 15) is 25.7 Å². The van der Waals surface area contributed by atoms with E-state index in [4.69, 9.17) is 17.1 Å². The molecule has 0 unspecified atom stereocenters. The first kappa shape index (κ1) is 27.7. The highest BCUT2D eigenvalue weighted by atomic mass is 16.5. The van der Waals surface area contributed by atoms with Gasteiger partial charge in [0.25, 0.3) is 5.91 Å². The molecule has 13 heteroatoms. The van der Waals surface area contributed by atoms with Crippen molar-refractivity contribution < 1.29 is 47.5 Å². The summed E-state index contributed by atoms with van der Waals surface area (Å²) in [4.78, 5) is 57.7. The second kappa shape index (κ2) is 18.3. The molecule has 5 N–H and O–H groups in total. The van der Waals surface area contributed by atoms with Gasteiger partial charge in [0.1, 0.15) is 12.1 Å². The summed E-state index contributed by atoms with van der Waals surface area (Å²) in [6.45, 7) is -8.44. The average Bonchev–Trinajstić information content (AvgIpc) is 3.15. The number of aromatic nitrogens is 1. The zero-order valence-corrected chi connectivity index (χ0v) is 29.2. The van der Waals surface area contributed by atoms with Crippen LogP contribution in [-0.2, 0) is 32.0 Å². The lowest BCUT2D eigenvalue weighted by atomic mass is 9.85. The zero-order chi connectivity index (χ0) is 46.2. The standard InChI is InChI=1S/C38H52N6O7/c1-37(2,3)31(41-35(48)50-7)33(46)40-29(22-25-14-10-9-11-15-25)30(45)24-44(43-34(47)32(38(4,5)6)42-36(49)51-8)23-26-17-19-27(20-18-26)28-16-12-13-21-39-28/h9-21,29-32,45H,22-24H2,1-8H3,(H,40,46)(H,41,48)(H,42,49)(H,43,47)/t29-,30-,31+,32+/m0/s1/i4D3,5D3,6D3,32D. The molecule has 1 aromatic heterocycles. The van der Waals surface area contributed by atoms with Gasteiger partial charge in [-0.3, -0.25) is 20.0 Å². The lowest BCUT2D eigenvalue weighted by Crippen LogP contribution is -2.60. The van der Waals surface area contributed by atoms with Crippen LogP contribution >= 0.6 is 0 Å². The van der Waals surface area contributed by atoms with E-state index >= 15 is 0 Å². The van der Waals surface area contributed by atoms with Crippen LogP contribution in [0.25, 0.3) is 11.3 Å². The number of hydrogen-bond donors (Lipinski definition) is 5. The Morgan fingerprint density at radius 1 is 0.824 bits per heavy atom. The van der Waals surface area contributed by atoms with Gasteiger partial charge in [0.15, 0.2) is 0 Å². The number of ether oxygens (including phenoxy) is 2. The maximum absolute atomic E-state index is 14.5. The molecule has 2 aromatic carbocycles. The number of alkyl carbamates (subject to hydrolysis) is 2. The highest BCUT2D eigenvalue weighted by Crippen LogP contribution is 2.23. The normalized spacial score (nSPS) is 18.3. The average molecular weight is 715 g/mol. The third kappa shape index (κ3) is 12.7. The van der Waals surface area contributed by atoms with Crippen molar-refractivity contribution in [2.75, 3.05) is 20.8 Å². The molecule has 0 bridgehead atoms. The van der Waals surface area contributed by atoms with E-state index in [1.54, 1.807) is 105 Å². The molecule has 0 aliphatic rings. The van der Waals surface area contributed by atoms with E-state index in [1.165, 1.54) is 0 Å². The molecule has 4 amide bonds. The number of amides is 4. The molecular formula is C38H52N6O7. The van der Waals surface area contributed by atoms with Crippen LogP contribution in [-0.4, -0.2) is 84.1 Å². The lowest BCUT2D eigenvalue weighted by Gasteiger charge is -2.35. The van der Waals surface area contributed by atoms with Crippen molar-refractivity contribution >= 4 is 24.0 Å². The smallest absolute Gasteiger partial charge is 0.407 e. The van der Waals surface area contributed by atoms with Gasteiger partial charge in [-0.2, -0.15) is 0 Å². The summed E-state index contributed by atoms with van der Waals surface area (Å²) < 4.78 is 92.4. The Kier molecular flexibility index (Phi) is 9.93. The second-order valence-electron chi connectivity index (χ2n) is 12.8. The summed E-state index contributed by atoms with van der Waals surface area (Å²) in [5.41, 5.74) is -0.606. The minimum absolute atomic E-state index is 0.0318. The van der Waals surface area contributed by atoms with E-state index < -0.39 is 86.1 Å². The first-order valence-corrected chi connectivity index (χ1v) is 15.9. The number of methoxy groups -OCH3 is 2. The quantitative estimate of drug-likeness (QED) is 0.154. The number of nitrogens with one attached hydrogen (secondary N) is 4. The molecule has 1 heterocycles. The van der Waals surface area contributed by atoms with E-state index in [0.29, 0.717) is 22.4 Å². The number of carbonyl (C=O) groups is 4. The largest absolute Gasteiger partial charge is 0.453 e. The van der Waals surface area contributed by atoms with Crippen LogP contribution in [0.4, 0.5) is 9.59 Å². The molecule has 3 rings (SSSR count). The lowest BCUT2D eigenvalue weighted by molar-refractivity contribution is -0.132. The predicted octanol–water partition coefficient (Wildman–Crippen LogP) is 4.21. The summed E-state index contributed by atoms with van der Waals surface area (Å²) in [6.07, 6.45) is -2.71. The van der Waals surface area contributed by atoms with Crippen LogP contribution in [0.15, 0.2) is 79.0 Å². The second-order valence-corrected chi connectivity index (χ2v) is 12.8. The molecule has 51 heavy (non-hydrogen) atoms. The number of aliphatic hydroxyl groups excluding tert-OH is 1. The van der Waals surface area contributed by atoms with Crippen molar-refractivity contribution in [2.24, 2.45) is 10.8 Å². The third-order valence-corrected chi connectivity index (χ3v) is 7.64. The van der Waals surface area contributed by atoms with Crippen molar-refractivity contribution in [1.82, 2.24) is 31.4 Å². The van der Waals surface area contributed by atoms with Gasteiger partial charge in [0, 0.05) is 37.2 Å². The summed E-state index contributed by atoms with van der Waals surface area (Å²) in [5.74, 6) is -2.67. The minimum atomic E-state index is -4.29. The summed E-state index contributed by atoms with van der Waals surface area (Å²) >= 11 is 0. The van der Waals surface area contributed by atoms with Gasteiger partial charge < -0.3 is 30.5 Å². The zero-order valence-electron chi connectivity index (χ0n) is 39.2. The number of benzene rings is 2. The molecule has 276 valence electrons. The van der Waals surface area contributed by atoms with Gasteiger partial charge in [0.05, 0.1) is 33.4 Å². The fourth-order valence-corrected chi connectivity index (χ4v) is 4.98. The van der Waals surface area contributed by atoms with Gasteiger partial charge in [-0.05, 0) is 40.5 Å². The first-order valence-electron chi connectivity index (χ1n) is 20.9. The monoisotopic (exact) mass is 714 g/mol. The summed E-state index contributed by atoms with van der Waals surface area (Å²) in [6, 6.07) is 14.0. The molecular weight excluding hydrogens is 652 g/mol. The highest BCUT2D eigenvalue weighted by Gasteiger charge is 2.37.